The third-order valence-electron chi connectivity index (χ3n) is 3.34. The van der Waals surface area contributed by atoms with E-state index in [0.717, 1.165) is 6.42 Å². The van der Waals surface area contributed by atoms with Crippen molar-refractivity contribution < 1.29 is 0 Å². The Morgan fingerprint density at radius 2 is 1.41 bits per heavy atom. The quantitative estimate of drug-likeness (QED) is 0.555. The smallest absolute Gasteiger partial charge is 0.0675 e. The highest BCUT2D eigenvalue weighted by Gasteiger charge is 2.01. The lowest BCUT2D eigenvalue weighted by atomic mass is 10.1. The zero-order chi connectivity index (χ0) is 12.3. The number of nitrogens with zero attached hydrogens (tertiary/aromatic N) is 2. The highest BCUT2D eigenvalue weighted by Crippen LogP contribution is 2.13. The van der Waals surface area contributed by atoms with Gasteiger partial charge < -0.3 is 0 Å². The molecule has 0 amide bonds. The monoisotopic (exact) mass is 254 g/mol. The lowest BCUT2D eigenvalue weighted by Gasteiger charge is -2.01. The molecule has 0 aromatic carbocycles. The van der Waals surface area contributed by atoms with Crippen molar-refractivity contribution in [2.45, 2.75) is 78.1 Å². The molecule has 0 saturated carbocycles. The fraction of sp³-hybridized carbons (Fsp3) is 0.857. The van der Waals surface area contributed by atoms with Gasteiger partial charge in [0, 0.05) is 0 Å². The predicted octanol–water partition coefficient (Wildman–Crippen LogP) is 4.89. The summed E-state index contributed by atoms with van der Waals surface area (Å²) < 4.78 is 8.74. The summed E-state index contributed by atoms with van der Waals surface area (Å²) >= 11 is 0. The van der Waals surface area contributed by atoms with Crippen LogP contribution in [0.1, 0.15) is 76.1 Å². The molecule has 0 aliphatic heterocycles. The molecule has 1 unspecified atom stereocenters. The van der Waals surface area contributed by atoms with Crippen molar-refractivity contribution in [1.29, 1.82) is 0 Å². The van der Waals surface area contributed by atoms with E-state index in [1.165, 1.54) is 69.2 Å². The molecule has 2 nitrogen and oxygen atoms in total. The van der Waals surface area contributed by atoms with E-state index in [4.69, 9.17) is 0 Å². The summed E-state index contributed by atoms with van der Waals surface area (Å²) in [5.41, 5.74) is 2.45. The fourth-order valence-electron chi connectivity index (χ4n) is 2.15. The maximum atomic E-state index is 4.43. The molecular formula is C14H27N2P. The van der Waals surface area contributed by atoms with Gasteiger partial charge in [0.05, 0.1) is 19.9 Å². The second-order valence-electron chi connectivity index (χ2n) is 4.93. The van der Waals surface area contributed by atoms with Gasteiger partial charge in [-0.25, -0.2) is 9.49 Å². The normalized spacial score (nSPS) is 11.4. The van der Waals surface area contributed by atoms with Crippen molar-refractivity contribution in [3.63, 3.8) is 0 Å². The van der Waals surface area contributed by atoms with E-state index in [9.17, 15) is 0 Å². The van der Waals surface area contributed by atoms with Crippen LogP contribution in [0.2, 0.25) is 0 Å². The molecule has 17 heavy (non-hydrogen) atoms. The maximum absolute atomic E-state index is 4.43. The lowest BCUT2D eigenvalue weighted by Crippen LogP contribution is -1.89. The van der Waals surface area contributed by atoms with E-state index >= 15 is 0 Å². The molecule has 0 saturated heterocycles. The second-order valence-corrected chi connectivity index (χ2v) is 5.58. The molecular weight excluding hydrogens is 227 g/mol. The molecule has 0 spiro atoms. The van der Waals surface area contributed by atoms with E-state index in [2.05, 4.69) is 23.3 Å². The van der Waals surface area contributed by atoms with E-state index in [1.807, 2.05) is 0 Å². The molecule has 1 aromatic rings. The molecule has 1 atom stereocenters. The summed E-state index contributed by atoms with van der Waals surface area (Å²) in [7, 11) is 0.457. The van der Waals surface area contributed by atoms with Crippen LogP contribution < -0.4 is 0 Å². The summed E-state index contributed by atoms with van der Waals surface area (Å²) in [6, 6.07) is 0. The summed E-state index contributed by atoms with van der Waals surface area (Å²) in [6.07, 6.45) is 13.7. The first-order valence-corrected chi connectivity index (χ1v) is 8.10. The van der Waals surface area contributed by atoms with Crippen LogP contribution in [0.15, 0.2) is 0 Å². The first-order chi connectivity index (χ1) is 8.34. The van der Waals surface area contributed by atoms with Crippen LogP contribution in [-0.2, 0) is 6.42 Å². The molecule has 1 heterocycles. The Labute approximate surface area is 108 Å². The van der Waals surface area contributed by atoms with Gasteiger partial charge in [-0.2, -0.15) is 0 Å². The Bertz CT molecular complexity index is 284. The third-order valence-corrected chi connectivity index (χ3v) is 4.14. The number of rotatable bonds is 10. The molecule has 0 aliphatic carbocycles. The summed E-state index contributed by atoms with van der Waals surface area (Å²) in [4.78, 5) is 0. The van der Waals surface area contributed by atoms with E-state index < -0.39 is 0 Å². The first kappa shape index (κ1) is 14.7. The Morgan fingerprint density at radius 1 is 0.824 bits per heavy atom. The maximum Gasteiger partial charge on any atom is 0.0675 e. The van der Waals surface area contributed by atoms with Crippen LogP contribution in [0.5, 0.6) is 0 Å². The van der Waals surface area contributed by atoms with Gasteiger partial charge in [0.15, 0.2) is 0 Å². The zero-order valence-corrected chi connectivity index (χ0v) is 12.5. The van der Waals surface area contributed by atoms with Crippen molar-refractivity contribution in [1.82, 2.24) is 9.49 Å². The van der Waals surface area contributed by atoms with Crippen molar-refractivity contribution in [3.05, 3.63) is 11.4 Å². The highest BCUT2D eigenvalue weighted by molar-refractivity contribution is 7.20. The topological polar surface area (TPSA) is 25.8 Å². The lowest BCUT2D eigenvalue weighted by molar-refractivity contribution is 0.563. The van der Waals surface area contributed by atoms with Crippen LogP contribution in [-0.4, -0.2) is 9.49 Å². The standard InChI is InChI=1S/C14H27N2P/c1-3-4-5-6-7-8-9-10-11-12-14-13(2)15-17-16-14/h17H,3-12H2,1-2H3. The molecule has 1 aromatic heterocycles. The minimum Gasteiger partial charge on any atom is -0.225 e. The summed E-state index contributed by atoms with van der Waals surface area (Å²) in [5.74, 6) is 0. The van der Waals surface area contributed by atoms with Gasteiger partial charge >= 0.3 is 0 Å². The number of unbranched alkanes of at least 4 members (excludes halogenated alkanes) is 8. The van der Waals surface area contributed by atoms with Gasteiger partial charge in [-0.1, -0.05) is 58.3 Å². The Kier molecular flexibility index (Phi) is 8.34. The number of hydrogen-bond acceptors (Lipinski definition) is 2. The second kappa shape index (κ2) is 9.65. The molecule has 98 valence electrons. The van der Waals surface area contributed by atoms with Gasteiger partial charge in [-0.05, 0) is 19.8 Å². The largest absolute Gasteiger partial charge is 0.225 e. The predicted molar refractivity (Wildman–Crippen MR) is 77.2 cm³/mol. The minimum absolute atomic E-state index is 0.457. The molecule has 0 bridgehead atoms. The summed E-state index contributed by atoms with van der Waals surface area (Å²) in [5, 5.41) is 0. The van der Waals surface area contributed by atoms with Crippen molar-refractivity contribution >= 4 is 8.51 Å². The van der Waals surface area contributed by atoms with Gasteiger partial charge in [-0.15, -0.1) is 0 Å². The van der Waals surface area contributed by atoms with Crippen LogP contribution in [0.4, 0.5) is 0 Å². The minimum atomic E-state index is 0.457. The van der Waals surface area contributed by atoms with Gasteiger partial charge in [-0.3, -0.25) is 0 Å². The van der Waals surface area contributed by atoms with Crippen LogP contribution >= 0.6 is 8.51 Å². The molecule has 0 N–H and O–H groups in total. The average Bonchev–Trinajstić information content (AvgIpc) is 2.73. The van der Waals surface area contributed by atoms with E-state index in [1.54, 1.807) is 0 Å². The van der Waals surface area contributed by atoms with Crippen LogP contribution in [0.3, 0.4) is 0 Å². The Balaban J connectivity index is 1.86. The average molecular weight is 254 g/mol. The third kappa shape index (κ3) is 6.83. The molecule has 1 rings (SSSR count). The SMILES string of the molecule is CCCCCCCCCCCc1n[pH]nc1C. The fourth-order valence-corrected chi connectivity index (χ4v) is 2.87. The molecule has 0 radical (unpaired) electrons. The summed E-state index contributed by atoms with van der Waals surface area (Å²) in [6.45, 7) is 4.37. The number of aryl methyl sites for hydroxylation is 2. The van der Waals surface area contributed by atoms with Gasteiger partial charge in [0.1, 0.15) is 0 Å². The zero-order valence-electron chi connectivity index (χ0n) is 11.5. The highest BCUT2D eigenvalue weighted by atomic mass is 31.1. The molecule has 3 heteroatoms. The molecule has 0 aliphatic rings. The van der Waals surface area contributed by atoms with Crippen molar-refractivity contribution in [2.24, 2.45) is 0 Å². The Morgan fingerprint density at radius 3 is 1.94 bits per heavy atom. The van der Waals surface area contributed by atoms with Crippen LogP contribution in [0.25, 0.3) is 0 Å². The Hall–Kier alpha value is -0.360. The van der Waals surface area contributed by atoms with E-state index in [-0.39, 0.29) is 0 Å². The van der Waals surface area contributed by atoms with Gasteiger partial charge in [0.25, 0.3) is 0 Å². The van der Waals surface area contributed by atoms with Crippen molar-refractivity contribution in [2.75, 3.05) is 0 Å². The van der Waals surface area contributed by atoms with Crippen molar-refractivity contribution in [3.8, 4) is 0 Å². The van der Waals surface area contributed by atoms with Gasteiger partial charge in [0.2, 0.25) is 0 Å². The number of hydrogen-bond donors (Lipinski definition) is 0. The first-order valence-electron chi connectivity index (χ1n) is 7.21. The van der Waals surface area contributed by atoms with E-state index in [0.29, 0.717) is 8.51 Å². The van der Waals surface area contributed by atoms with Crippen LogP contribution in [0, 0.1) is 6.92 Å². The molecule has 0 fully saturated rings. The number of aromatic nitrogens is 2.